The van der Waals surface area contributed by atoms with Crippen molar-refractivity contribution in [3.05, 3.63) is 0 Å². The number of amides is 1. The number of carbonyl (C=O) groups excluding carboxylic acids is 1. The molecule has 1 aliphatic heterocycles. The predicted molar refractivity (Wildman–Crippen MR) is 73.3 cm³/mol. The van der Waals surface area contributed by atoms with E-state index in [1.165, 1.54) is 0 Å². The van der Waals surface area contributed by atoms with Gasteiger partial charge in [-0.2, -0.15) is 0 Å². The summed E-state index contributed by atoms with van der Waals surface area (Å²) in [6.45, 7) is 8.52. The number of rotatable bonds is 6. The van der Waals surface area contributed by atoms with Crippen LogP contribution >= 0.6 is 0 Å². The minimum Gasteiger partial charge on any atom is -0.378 e. The largest absolute Gasteiger partial charge is 0.378 e. The van der Waals surface area contributed by atoms with Gasteiger partial charge in [0.05, 0.1) is 19.1 Å². The van der Waals surface area contributed by atoms with E-state index in [9.17, 15) is 4.79 Å². The molecule has 0 bridgehead atoms. The van der Waals surface area contributed by atoms with E-state index < -0.39 is 0 Å². The van der Waals surface area contributed by atoms with Crippen molar-refractivity contribution in [1.29, 1.82) is 0 Å². The summed E-state index contributed by atoms with van der Waals surface area (Å²) in [7, 11) is 0. The maximum absolute atomic E-state index is 11.9. The molecule has 18 heavy (non-hydrogen) atoms. The molecule has 0 aliphatic carbocycles. The molecule has 2 unspecified atom stereocenters. The summed E-state index contributed by atoms with van der Waals surface area (Å²) in [5, 5.41) is 0. The molecule has 4 nitrogen and oxygen atoms in total. The fourth-order valence-corrected chi connectivity index (χ4v) is 2.47. The molecule has 0 radical (unpaired) electrons. The Morgan fingerprint density at radius 3 is 2.78 bits per heavy atom. The molecule has 0 aromatic heterocycles. The summed E-state index contributed by atoms with van der Waals surface area (Å²) >= 11 is 0. The van der Waals surface area contributed by atoms with Gasteiger partial charge in [-0.15, -0.1) is 0 Å². The van der Waals surface area contributed by atoms with Crippen LogP contribution in [0.25, 0.3) is 0 Å². The van der Waals surface area contributed by atoms with E-state index in [1.54, 1.807) is 0 Å². The van der Waals surface area contributed by atoms with Crippen LogP contribution < -0.4 is 5.73 Å². The van der Waals surface area contributed by atoms with Gasteiger partial charge in [-0.05, 0) is 32.1 Å². The lowest BCUT2D eigenvalue weighted by molar-refractivity contribution is -0.133. The van der Waals surface area contributed by atoms with Crippen LogP contribution in [0.1, 0.15) is 46.5 Å². The summed E-state index contributed by atoms with van der Waals surface area (Å²) in [6, 6.07) is 0.156. The molecule has 106 valence electrons. The lowest BCUT2D eigenvalue weighted by atomic mass is 10.1. The highest BCUT2D eigenvalue weighted by Crippen LogP contribution is 2.11. The third-order valence-corrected chi connectivity index (χ3v) is 3.33. The third-order valence-electron chi connectivity index (χ3n) is 3.33. The number of likely N-dealkylation sites (tertiary alicyclic amines) is 1. The first-order chi connectivity index (χ1) is 8.49. The zero-order chi connectivity index (χ0) is 13.5. The van der Waals surface area contributed by atoms with Crippen molar-refractivity contribution in [3.63, 3.8) is 0 Å². The van der Waals surface area contributed by atoms with Crippen molar-refractivity contribution in [2.45, 2.75) is 58.6 Å². The lowest BCUT2D eigenvalue weighted by Gasteiger charge is -2.31. The summed E-state index contributed by atoms with van der Waals surface area (Å²) in [4.78, 5) is 13.8. The number of carbonyl (C=O) groups is 1. The predicted octanol–water partition coefficient (Wildman–Crippen LogP) is 1.78. The van der Waals surface area contributed by atoms with Crippen molar-refractivity contribution in [2.75, 3.05) is 19.7 Å². The van der Waals surface area contributed by atoms with Crippen LogP contribution in [0.3, 0.4) is 0 Å². The second-order valence-electron chi connectivity index (χ2n) is 5.80. The minimum atomic E-state index is 0.156. The molecular formula is C14H28N2O2. The van der Waals surface area contributed by atoms with E-state index in [2.05, 4.69) is 20.8 Å². The highest BCUT2D eigenvalue weighted by Gasteiger charge is 2.20. The number of hydrogen-bond donors (Lipinski definition) is 1. The number of nitrogens with two attached hydrogens (primary N) is 1. The second kappa shape index (κ2) is 7.74. The smallest absolute Gasteiger partial charge is 0.224 e. The maximum atomic E-state index is 11.9. The van der Waals surface area contributed by atoms with Crippen molar-refractivity contribution in [3.8, 4) is 0 Å². The molecule has 4 heteroatoms. The number of hydrogen-bond acceptors (Lipinski definition) is 3. The van der Waals surface area contributed by atoms with Crippen molar-refractivity contribution < 1.29 is 9.53 Å². The number of ether oxygens (including phenoxy) is 1. The number of nitrogens with zero attached hydrogens (tertiary/aromatic N) is 1. The first-order valence-electron chi connectivity index (χ1n) is 7.14. The van der Waals surface area contributed by atoms with Crippen LogP contribution in [0.5, 0.6) is 0 Å². The van der Waals surface area contributed by atoms with Crippen molar-refractivity contribution in [2.24, 2.45) is 11.7 Å². The van der Waals surface area contributed by atoms with Crippen LogP contribution in [-0.2, 0) is 9.53 Å². The fourth-order valence-electron chi connectivity index (χ4n) is 2.47. The summed E-state index contributed by atoms with van der Waals surface area (Å²) in [5.41, 5.74) is 5.87. The molecule has 2 atom stereocenters. The quantitative estimate of drug-likeness (QED) is 0.788. The van der Waals surface area contributed by atoms with Gasteiger partial charge in [0.15, 0.2) is 0 Å². The first kappa shape index (κ1) is 15.4. The monoisotopic (exact) mass is 256 g/mol. The van der Waals surface area contributed by atoms with E-state index in [0.717, 1.165) is 25.8 Å². The van der Waals surface area contributed by atoms with E-state index in [-0.39, 0.29) is 18.1 Å². The highest BCUT2D eigenvalue weighted by molar-refractivity contribution is 5.76. The van der Waals surface area contributed by atoms with Gasteiger partial charge >= 0.3 is 0 Å². The molecule has 1 saturated heterocycles. The van der Waals surface area contributed by atoms with Crippen LogP contribution in [0, 0.1) is 5.92 Å². The highest BCUT2D eigenvalue weighted by atomic mass is 16.5. The Kier molecular flexibility index (Phi) is 6.65. The van der Waals surface area contributed by atoms with Gasteiger partial charge in [-0.25, -0.2) is 0 Å². The second-order valence-corrected chi connectivity index (χ2v) is 5.80. The van der Waals surface area contributed by atoms with Crippen LogP contribution in [0.4, 0.5) is 0 Å². The van der Waals surface area contributed by atoms with E-state index in [0.29, 0.717) is 25.5 Å². The normalized spacial score (nSPS) is 22.3. The molecule has 1 heterocycles. The van der Waals surface area contributed by atoms with Gasteiger partial charge in [0.1, 0.15) is 0 Å². The van der Waals surface area contributed by atoms with Crippen LogP contribution in [-0.4, -0.2) is 42.6 Å². The Hall–Kier alpha value is -0.610. The van der Waals surface area contributed by atoms with E-state index in [1.807, 2.05) is 4.90 Å². The Morgan fingerprint density at radius 2 is 2.17 bits per heavy atom. The van der Waals surface area contributed by atoms with Gasteiger partial charge in [0, 0.05) is 19.1 Å². The lowest BCUT2D eigenvalue weighted by Crippen LogP contribution is -2.46. The van der Waals surface area contributed by atoms with Gasteiger partial charge in [-0.1, -0.05) is 13.8 Å². The summed E-state index contributed by atoms with van der Waals surface area (Å²) < 4.78 is 5.66. The SMILES string of the molecule is CC(C)CC(C)OCCC(=O)N1CCCC(N)C1. The Balaban J connectivity index is 2.16. The topological polar surface area (TPSA) is 55.6 Å². The average molecular weight is 256 g/mol. The average Bonchev–Trinajstić information content (AvgIpc) is 2.27. The van der Waals surface area contributed by atoms with Gasteiger partial charge in [-0.3, -0.25) is 4.79 Å². The van der Waals surface area contributed by atoms with Crippen molar-refractivity contribution >= 4 is 5.91 Å². The number of piperidine rings is 1. The molecule has 1 aliphatic rings. The van der Waals surface area contributed by atoms with Crippen LogP contribution in [0.2, 0.25) is 0 Å². The zero-order valence-corrected chi connectivity index (χ0v) is 12.0. The standard InChI is InChI=1S/C14H28N2O2/c1-11(2)9-12(3)18-8-6-14(17)16-7-4-5-13(15)10-16/h11-13H,4-10,15H2,1-3H3. The first-order valence-corrected chi connectivity index (χ1v) is 7.14. The fraction of sp³-hybridized carbons (Fsp3) is 0.929. The molecular weight excluding hydrogens is 228 g/mol. The molecule has 0 aromatic carbocycles. The van der Waals surface area contributed by atoms with E-state index in [4.69, 9.17) is 10.5 Å². The van der Waals surface area contributed by atoms with Gasteiger partial charge in [0.2, 0.25) is 5.91 Å². The minimum absolute atomic E-state index is 0.156. The molecule has 0 saturated carbocycles. The third kappa shape index (κ3) is 5.83. The molecule has 0 aromatic rings. The van der Waals surface area contributed by atoms with Crippen LogP contribution in [0.15, 0.2) is 0 Å². The zero-order valence-electron chi connectivity index (χ0n) is 12.0. The molecule has 1 rings (SSSR count). The van der Waals surface area contributed by atoms with Crippen molar-refractivity contribution in [1.82, 2.24) is 4.90 Å². The van der Waals surface area contributed by atoms with Gasteiger partial charge in [0.25, 0.3) is 0 Å². The Bertz CT molecular complexity index is 256. The Morgan fingerprint density at radius 1 is 1.44 bits per heavy atom. The molecule has 1 amide bonds. The summed E-state index contributed by atoms with van der Waals surface area (Å²) in [6.07, 6.45) is 3.82. The summed E-state index contributed by atoms with van der Waals surface area (Å²) in [5.74, 6) is 0.817. The molecule has 0 spiro atoms. The molecule has 2 N–H and O–H groups in total. The molecule has 1 fully saturated rings. The Labute approximate surface area is 111 Å². The van der Waals surface area contributed by atoms with E-state index >= 15 is 0 Å². The van der Waals surface area contributed by atoms with Gasteiger partial charge < -0.3 is 15.4 Å². The maximum Gasteiger partial charge on any atom is 0.224 e.